The Kier molecular flexibility index (Phi) is 2.93. The average Bonchev–Trinajstić information content (AvgIpc) is 2.72. The number of nitrogens with zero attached hydrogens (tertiary/aromatic N) is 2. The number of hydrogen-bond acceptors (Lipinski definition) is 4. The van der Waals surface area contributed by atoms with E-state index in [9.17, 15) is 4.79 Å². The van der Waals surface area contributed by atoms with Crippen molar-refractivity contribution in [3.8, 4) is 5.75 Å². The van der Waals surface area contributed by atoms with Crippen LogP contribution in [-0.2, 0) is 4.79 Å². The molecule has 1 aromatic heterocycles. The molecule has 0 aliphatic carbocycles. The van der Waals surface area contributed by atoms with Crippen molar-refractivity contribution in [2.75, 3.05) is 18.8 Å². The van der Waals surface area contributed by atoms with E-state index >= 15 is 0 Å². The summed E-state index contributed by atoms with van der Waals surface area (Å²) < 4.78 is 6.16. The molecule has 3 rings (SSSR count). The lowest BCUT2D eigenvalue weighted by atomic mass is 9.93. The number of amides is 1. The fourth-order valence-electron chi connectivity index (χ4n) is 2.58. The number of pyridine rings is 1. The SMILES string of the molecule is CC(=O)N1CC2(CC(Oc3cccnc3)CS2)C1. The lowest BCUT2D eigenvalue weighted by molar-refractivity contribution is -0.134. The number of ether oxygens (including phenoxy) is 1. The highest BCUT2D eigenvalue weighted by Gasteiger charge is 2.50. The third kappa shape index (κ3) is 2.19. The maximum atomic E-state index is 11.2. The summed E-state index contributed by atoms with van der Waals surface area (Å²) in [5.41, 5.74) is 0. The summed E-state index contributed by atoms with van der Waals surface area (Å²) in [7, 11) is 0. The molecule has 3 heterocycles. The predicted octanol–water partition coefficient (Wildman–Crippen LogP) is 1.57. The van der Waals surface area contributed by atoms with Crippen LogP contribution >= 0.6 is 11.8 Å². The van der Waals surface area contributed by atoms with Gasteiger partial charge in [-0.05, 0) is 12.1 Å². The molecule has 2 saturated heterocycles. The fraction of sp³-hybridized carbons (Fsp3) is 0.538. The Bertz CT molecular complexity index is 446. The maximum absolute atomic E-state index is 11.2. The van der Waals surface area contributed by atoms with E-state index in [0.717, 1.165) is 31.0 Å². The van der Waals surface area contributed by atoms with Crippen molar-refractivity contribution in [1.82, 2.24) is 9.88 Å². The van der Waals surface area contributed by atoms with E-state index in [0.29, 0.717) is 0 Å². The second-order valence-electron chi connectivity index (χ2n) is 5.00. The van der Waals surface area contributed by atoms with Crippen LogP contribution in [0.3, 0.4) is 0 Å². The summed E-state index contributed by atoms with van der Waals surface area (Å²) in [6.45, 7) is 3.38. The van der Waals surface area contributed by atoms with Crippen LogP contribution in [0, 0.1) is 0 Å². The van der Waals surface area contributed by atoms with Gasteiger partial charge in [-0.25, -0.2) is 0 Å². The largest absolute Gasteiger partial charge is 0.488 e. The molecule has 0 radical (unpaired) electrons. The lowest BCUT2D eigenvalue weighted by Gasteiger charge is -2.47. The minimum absolute atomic E-state index is 0.179. The van der Waals surface area contributed by atoms with Gasteiger partial charge in [-0.1, -0.05) is 0 Å². The van der Waals surface area contributed by atoms with Crippen LogP contribution in [0.25, 0.3) is 0 Å². The Morgan fingerprint density at radius 2 is 2.44 bits per heavy atom. The molecule has 1 aromatic rings. The Morgan fingerprint density at radius 1 is 1.61 bits per heavy atom. The zero-order valence-corrected chi connectivity index (χ0v) is 11.2. The Balaban J connectivity index is 1.55. The highest BCUT2D eigenvalue weighted by molar-refractivity contribution is 8.01. The highest BCUT2D eigenvalue weighted by Crippen LogP contribution is 2.45. The molecule has 0 saturated carbocycles. The number of likely N-dealkylation sites (tertiary alicyclic amines) is 1. The second-order valence-corrected chi connectivity index (χ2v) is 6.49. The van der Waals surface area contributed by atoms with Crippen molar-refractivity contribution < 1.29 is 9.53 Å². The van der Waals surface area contributed by atoms with E-state index in [1.807, 2.05) is 28.8 Å². The van der Waals surface area contributed by atoms with Gasteiger partial charge in [0, 0.05) is 38.4 Å². The van der Waals surface area contributed by atoms with E-state index < -0.39 is 0 Å². The zero-order chi connectivity index (χ0) is 12.6. The molecule has 2 fully saturated rings. The van der Waals surface area contributed by atoms with Crippen LogP contribution in [0.15, 0.2) is 24.5 Å². The van der Waals surface area contributed by atoms with Gasteiger partial charge in [0.05, 0.1) is 10.9 Å². The fourth-order valence-corrected chi connectivity index (χ4v) is 4.10. The van der Waals surface area contributed by atoms with E-state index in [1.165, 1.54) is 0 Å². The molecule has 1 atom stereocenters. The van der Waals surface area contributed by atoms with Crippen LogP contribution in [-0.4, -0.2) is 45.5 Å². The number of thioether (sulfide) groups is 1. The maximum Gasteiger partial charge on any atom is 0.219 e. The van der Waals surface area contributed by atoms with Crippen LogP contribution in [0.2, 0.25) is 0 Å². The molecule has 1 amide bonds. The van der Waals surface area contributed by atoms with Gasteiger partial charge in [0.15, 0.2) is 0 Å². The van der Waals surface area contributed by atoms with Gasteiger partial charge in [-0.2, -0.15) is 0 Å². The molecule has 5 heteroatoms. The Labute approximate surface area is 111 Å². The van der Waals surface area contributed by atoms with E-state index in [-0.39, 0.29) is 16.8 Å². The topological polar surface area (TPSA) is 42.4 Å². The van der Waals surface area contributed by atoms with Crippen LogP contribution < -0.4 is 4.74 Å². The minimum Gasteiger partial charge on any atom is -0.488 e. The summed E-state index contributed by atoms with van der Waals surface area (Å²) in [6.07, 6.45) is 4.76. The average molecular weight is 264 g/mol. The van der Waals surface area contributed by atoms with Gasteiger partial charge in [-0.15, -0.1) is 11.8 Å². The first-order valence-corrected chi connectivity index (χ1v) is 7.12. The van der Waals surface area contributed by atoms with Crippen molar-refractivity contribution in [3.63, 3.8) is 0 Å². The summed E-state index contributed by atoms with van der Waals surface area (Å²) in [5, 5.41) is 0. The molecule has 2 aliphatic heterocycles. The first-order chi connectivity index (χ1) is 8.67. The third-order valence-electron chi connectivity index (χ3n) is 3.52. The highest BCUT2D eigenvalue weighted by atomic mass is 32.2. The van der Waals surface area contributed by atoms with Gasteiger partial charge in [0.1, 0.15) is 11.9 Å². The van der Waals surface area contributed by atoms with Gasteiger partial charge >= 0.3 is 0 Å². The van der Waals surface area contributed by atoms with Gasteiger partial charge in [0.2, 0.25) is 5.91 Å². The number of aromatic nitrogens is 1. The molecule has 0 N–H and O–H groups in total. The van der Waals surface area contributed by atoms with Crippen molar-refractivity contribution >= 4 is 17.7 Å². The molecule has 0 bridgehead atoms. The smallest absolute Gasteiger partial charge is 0.219 e. The molecule has 1 unspecified atom stereocenters. The summed E-state index contributed by atoms with van der Waals surface area (Å²) in [5.74, 6) is 2.02. The summed E-state index contributed by atoms with van der Waals surface area (Å²) in [4.78, 5) is 17.2. The molecular formula is C13H16N2O2S. The normalized spacial score (nSPS) is 24.9. The molecule has 96 valence electrons. The summed E-state index contributed by atoms with van der Waals surface area (Å²) in [6, 6.07) is 3.82. The quantitative estimate of drug-likeness (QED) is 0.813. The lowest BCUT2D eigenvalue weighted by Crippen LogP contribution is -2.60. The molecule has 1 spiro atoms. The number of rotatable bonds is 2. The van der Waals surface area contributed by atoms with Crippen LogP contribution in [0.5, 0.6) is 5.75 Å². The monoisotopic (exact) mass is 264 g/mol. The van der Waals surface area contributed by atoms with Gasteiger partial charge < -0.3 is 9.64 Å². The predicted molar refractivity (Wildman–Crippen MR) is 70.7 cm³/mol. The molecule has 2 aliphatic rings. The van der Waals surface area contributed by atoms with E-state index in [4.69, 9.17) is 4.74 Å². The van der Waals surface area contributed by atoms with Crippen LogP contribution in [0.4, 0.5) is 0 Å². The van der Waals surface area contributed by atoms with E-state index in [2.05, 4.69) is 4.98 Å². The Morgan fingerprint density at radius 3 is 3.11 bits per heavy atom. The first kappa shape index (κ1) is 11.8. The van der Waals surface area contributed by atoms with Crippen molar-refractivity contribution in [2.45, 2.75) is 24.2 Å². The number of hydrogen-bond donors (Lipinski definition) is 0. The van der Waals surface area contributed by atoms with Crippen molar-refractivity contribution in [2.24, 2.45) is 0 Å². The van der Waals surface area contributed by atoms with Gasteiger partial charge in [-0.3, -0.25) is 9.78 Å². The van der Waals surface area contributed by atoms with E-state index in [1.54, 1.807) is 19.3 Å². The van der Waals surface area contributed by atoms with Crippen molar-refractivity contribution in [3.05, 3.63) is 24.5 Å². The first-order valence-electron chi connectivity index (χ1n) is 6.13. The standard InChI is InChI=1S/C13H16N2O2S/c1-10(16)15-8-13(9-15)5-12(7-18-13)17-11-3-2-4-14-6-11/h2-4,6,12H,5,7-9H2,1H3. The van der Waals surface area contributed by atoms with Gasteiger partial charge in [0.25, 0.3) is 0 Å². The molecule has 4 nitrogen and oxygen atoms in total. The second kappa shape index (κ2) is 4.46. The van der Waals surface area contributed by atoms with Crippen molar-refractivity contribution in [1.29, 1.82) is 0 Å². The number of carbonyl (C=O) groups excluding carboxylic acids is 1. The molecule has 0 aromatic carbocycles. The Hall–Kier alpha value is -1.23. The third-order valence-corrected chi connectivity index (χ3v) is 5.09. The van der Waals surface area contributed by atoms with Crippen LogP contribution in [0.1, 0.15) is 13.3 Å². The zero-order valence-electron chi connectivity index (χ0n) is 10.3. The molecular weight excluding hydrogens is 248 g/mol. The summed E-state index contributed by atoms with van der Waals surface area (Å²) >= 11 is 1.94. The number of carbonyl (C=O) groups is 1. The molecule has 18 heavy (non-hydrogen) atoms. The minimum atomic E-state index is 0.179.